The SMILES string of the molecule is O=C(Nc1ccc(S(=O)(=O)N2CCOCC2)cc1)C(c1ccccc1)c1ccccc1. The van der Waals surface area contributed by atoms with Crippen molar-refractivity contribution >= 4 is 21.6 Å². The Morgan fingerprint density at radius 1 is 0.806 bits per heavy atom. The molecule has 4 rings (SSSR count). The molecule has 0 unspecified atom stereocenters. The zero-order valence-corrected chi connectivity index (χ0v) is 17.8. The zero-order valence-electron chi connectivity index (χ0n) is 17.0. The molecule has 0 aromatic heterocycles. The van der Waals surface area contributed by atoms with Gasteiger partial charge in [0, 0.05) is 18.8 Å². The first kappa shape index (κ1) is 21.2. The van der Waals surface area contributed by atoms with Gasteiger partial charge in [-0.25, -0.2) is 8.42 Å². The van der Waals surface area contributed by atoms with Crippen LogP contribution < -0.4 is 5.32 Å². The lowest BCUT2D eigenvalue weighted by Gasteiger charge is -2.26. The lowest BCUT2D eigenvalue weighted by molar-refractivity contribution is -0.116. The van der Waals surface area contributed by atoms with Crippen molar-refractivity contribution < 1.29 is 17.9 Å². The molecule has 0 saturated carbocycles. The number of sulfonamides is 1. The highest BCUT2D eigenvalue weighted by Gasteiger charge is 2.27. The summed E-state index contributed by atoms with van der Waals surface area (Å²) in [5, 5.41) is 2.93. The number of carbonyl (C=O) groups excluding carboxylic acids is 1. The predicted molar refractivity (Wildman–Crippen MR) is 119 cm³/mol. The number of nitrogens with zero attached hydrogens (tertiary/aromatic N) is 1. The van der Waals surface area contributed by atoms with Crippen molar-refractivity contribution in [2.75, 3.05) is 31.6 Å². The number of anilines is 1. The Kier molecular flexibility index (Phi) is 6.46. The van der Waals surface area contributed by atoms with E-state index in [1.807, 2.05) is 60.7 Å². The minimum Gasteiger partial charge on any atom is -0.379 e. The molecule has 7 heteroatoms. The van der Waals surface area contributed by atoms with Crippen LogP contribution >= 0.6 is 0 Å². The second kappa shape index (κ2) is 9.43. The minimum absolute atomic E-state index is 0.179. The molecule has 0 aliphatic carbocycles. The number of ether oxygens (including phenoxy) is 1. The highest BCUT2D eigenvalue weighted by molar-refractivity contribution is 7.89. The number of hydrogen-bond donors (Lipinski definition) is 1. The van der Waals surface area contributed by atoms with Crippen molar-refractivity contribution in [2.24, 2.45) is 0 Å². The number of carbonyl (C=O) groups is 1. The van der Waals surface area contributed by atoms with Crippen LogP contribution in [0.5, 0.6) is 0 Å². The zero-order chi connectivity index (χ0) is 21.7. The van der Waals surface area contributed by atoms with Gasteiger partial charge < -0.3 is 10.1 Å². The monoisotopic (exact) mass is 436 g/mol. The fourth-order valence-electron chi connectivity index (χ4n) is 3.65. The predicted octanol–water partition coefficient (Wildman–Crippen LogP) is 3.48. The number of amides is 1. The third-order valence-electron chi connectivity index (χ3n) is 5.26. The molecule has 160 valence electrons. The van der Waals surface area contributed by atoms with E-state index in [1.54, 1.807) is 12.1 Å². The first-order chi connectivity index (χ1) is 15.1. The van der Waals surface area contributed by atoms with Gasteiger partial charge in [-0.05, 0) is 35.4 Å². The molecule has 1 heterocycles. The van der Waals surface area contributed by atoms with Crippen LogP contribution in [-0.2, 0) is 19.6 Å². The van der Waals surface area contributed by atoms with Crippen LogP contribution in [0.3, 0.4) is 0 Å². The molecular formula is C24H24N2O4S. The molecule has 0 spiro atoms. The van der Waals surface area contributed by atoms with Crippen LogP contribution in [0.15, 0.2) is 89.8 Å². The number of rotatable bonds is 6. The molecule has 1 aliphatic heterocycles. The molecular weight excluding hydrogens is 412 g/mol. The van der Waals surface area contributed by atoms with Crippen molar-refractivity contribution in [3.8, 4) is 0 Å². The van der Waals surface area contributed by atoms with E-state index in [0.717, 1.165) is 11.1 Å². The van der Waals surface area contributed by atoms with Gasteiger partial charge in [0.1, 0.15) is 0 Å². The molecule has 0 bridgehead atoms. The van der Waals surface area contributed by atoms with E-state index in [-0.39, 0.29) is 10.8 Å². The molecule has 1 amide bonds. The van der Waals surface area contributed by atoms with Crippen molar-refractivity contribution in [1.82, 2.24) is 4.31 Å². The summed E-state index contributed by atoms with van der Waals surface area (Å²) in [6.45, 7) is 1.48. The minimum atomic E-state index is -3.57. The van der Waals surface area contributed by atoms with Crippen LogP contribution in [0.25, 0.3) is 0 Å². The summed E-state index contributed by atoms with van der Waals surface area (Å²) >= 11 is 0. The third kappa shape index (κ3) is 4.85. The fourth-order valence-corrected chi connectivity index (χ4v) is 5.05. The largest absolute Gasteiger partial charge is 0.379 e. The highest BCUT2D eigenvalue weighted by Crippen LogP contribution is 2.27. The van der Waals surface area contributed by atoms with E-state index >= 15 is 0 Å². The van der Waals surface area contributed by atoms with Crippen molar-refractivity contribution in [2.45, 2.75) is 10.8 Å². The summed E-state index contributed by atoms with van der Waals surface area (Å²) < 4.78 is 32.2. The summed E-state index contributed by atoms with van der Waals surface area (Å²) in [5.74, 6) is -0.652. The lowest BCUT2D eigenvalue weighted by Crippen LogP contribution is -2.40. The van der Waals surface area contributed by atoms with Gasteiger partial charge >= 0.3 is 0 Å². The van der Waals surface area contributed by atoms with Crippen LogP contribution in [-0.4, -0.2) is 44.9 Å². The highest BCUT2D eigenvalue weighted by atomic mass is 32.2. The maximum absolute atomic E-state index is 13.2. The quantitative estimate of drug-likeness (QED) is 0.642. The Hall–Kier alpha value is -3.00. The molecule has 1 aliphatic rings. The van der Waals surface area contributed by atoms with Gasteiger partial charge in [0.15, 0.2) is 0 Å². The molecule has 0 atom stereocenters. The van der Waals surface area contributed by atoms with Crippen LogP contribution in [0.4, 0.5) is 5.69 Å². The molecule has 31 heavy (non-hydrogen) atoms. The third-order valence-corrected chi connectivity index (χ3v) is 7.17. The Bertz CT molecular complexity index is 1070. The van der Waals surface area contributed by atoms with Gasteiger partial charge in [0.05, 0.1) is 24.0 Å². The molecule has 3 aromatic carbocycles. The normalized spacial score (nSPS) is 15.0. The van der Waals surface area contributed by atoms with Gasteiger partial charge in [-0.2, -0.15) is 4.31 Å². The van der Waals surface area contributed by atoms with E-state index in [9.17, 15) is 13.2 Å². The number of morpholine rings is 1. The van der Waals surface area contributed by atoms with E-state index in [4.69, 9.17) is 4.74 Å². The number of nitrogens with one attached hydrogen (secondary N) is 1. The van der Waals surface area contributed by atoms with E-state index in [1.165, 1.54) is 16.4 Å². The van der Waals surface area contributed by atoms with Crippen LogP contribution in [0.1, 0.15) is 17.0 Å². The van der Waals surface area contributed by atoms with Gasteiger partial charge in [-0.1, -0.05) is 60.7 Å². The van der Waals surface area contributed by atoms with E-state index < -0.39 is 15.9 Å². The smallest absolute Gasteiger partial charge is 0.243 e. The number of hydrogen-bond acceptors (Lipinski definition) is 4. The first-order valence-corrected chi connectivity index (χ1v) is 11.6. The van der Waals surface area contributed by atoms with Gasteiger partial charge in [0.2, 0.25) is 15.9 Å². The average Bonchev–Trinajstić information content (AvgIpc) is 2.81. The fraction of sp³-hybridized carbons (Fsp3) is 0.208. The summed E-state index contributed by atoms with van der Waals surface area (Å²) in [6, 6.07) is 25.5. The standard InChI is InChI=1S/C24H24N2O4S/c27-24(23(19-7-3-1-4-8-19)20-9-5-2-6-10-20)25-21-11-13-22(14-12-21)31(28,29)26-15-17-30-18-16-26/h1-14,23H,15-18H2,(H,25,27). The molecule has 0 radical (unpaired) electrons. The first-order valence-electron chi connectivity index (χ1n) is 10.1. The van der Waals surface area contributed by atoms with Gasteiger partial charge in [-0.15, -0.1) is 0 Å². The van der Waals surface area contributed by atoms with Gasteiger partial charge in [-0.3, -0.25) is 4.79 Å². The lowest BCUT2D eigenvalue weighted by atomic mass is 9.90. The molecule has 3 aromatic rings. The molecule has 1 N–H and O–H groups in total. The van der Waals surface area contributed by atoms with Gasteiger partial charge in [0.25, 0.3) is 0 Å². The van der Waals surface area contributed by atoms with E-state index in [2.05, 4.69) is 5.32 Å². The maximum Gasteiger partial charge on any atom is 0.243 e. The van der Waals surface area contributed by atoms with Crippen molar-refractivity contribution in [1.29, 1.82) is 0 Å². The number of benzene rings is 3. The maximum atomic E-state index is 13.2. The van der Waals surface area contributed by atoms with Crippen LogP contribution in [0.2, 0.25) is 0 Å². The summed E-state index contributed by atoms with van der Waals surface area (Å²) in [5.41, 5.74) is 2.32. The summed E-state index contributed by atoms with van der Waals surface area (Å²) in [6.07, 6.45) is 0. The molecule has 6 nitrogen and oxygen atoms in total. The topological polar surface area (TPSA) is 75.7 Å². The Morgan fingerprint density at radius 3 is 1.84 bits per heavy atom. The Labute approximate surface area is 182 Å². The van der Waals surface area contributed by atoms with Crippen LogP contribution in [0, 0.1) is 0 Å². The summed E-state index contributed by atoms with van der Waals surface area (Å²) in [4.78, 5) is 13.4. The van der Waals surface area contributed by atoms with E-state index in [0.29, 0.717) is 32.0 Å². The molecule has 1 fully saturated rings. The second-order valence-corrected chi connectivity index (χ2v) is 9.22. The van der Waals surface area contributed by atoms with Crippen molar-refractivity contribution in [3.63, 3.8) is 0 Å². The van der Waals surface area contributed by atoms with Crippen molar-refractivity contribution in [3.05, 3.63) is 96.1 Å². The Balaban J connectivity index is 1.54. The average molecular weight is 437 g/mol. The summed E-state index contributed by atoms with van der Waals surface area (Å²) in [7, 11) is -3.57. The molecule has 1 saturated heterocycles. The second-order valence-electron chi connectivity index (χ2n) is 7.28. The Morgan fingerprint density at radius 2 is 1.32 bits per heavy atom.